The predicted octanol–water partition coefficient (Wildman–Crippen LogP) is 3.16. The zero-order chi connectivity index (χ0) is 19.9. The first kappa shape index (κ1) is 21.8. The number of alkyl carbamates (subject to hydrolysis) is 1. The average Bonchev–Trinajstić information content (AvgIpc) is 2.78. The lowest BCUT2D eigenvalue weighted by Crippen LogP contribution is -2.36. The molecular formula is C18H29NO7. The molecule has 0 fully saturated rings. The van der Waals surface area contributed by atoms with Crippen molar-refractivity contribution in [3.63, 3.8) is 0 Å². The van der Waals surface area contributed by atoms with E-state index >= 15 is 0 Å². The van der Waals surface area contributed by atoms with Gasteiger partial charge in [-0.25, -0.2) is 9.59 Å². The number of carbonyl (C=O) groups excluding carboxylic acids is 2. The number of aryl methyl sites for hydroxylation is 1. The summed E-state index contributed by atoms with van der Waals surface area (Å²) in [6.45, 7) is 11.1. The van der Waals surface area contributed by atoms with Gasteiger partial charge in [-0.15, -0.1) is 0 Å². The molecule has 8 nitrogen and oxygen atoms in total. The third kappa shape index (κ3) is 8.73. The number of rotatable bonds is 8. The smallest absolute Gasteiger partial charge is 0.457 e. The van der Waals surface area contributed by atoms with E-state index in [2.05, 4.69) is 5.32 Å². The first-order chi connectivity index (χ1) is 12.0. The molecule has 148 valence electrons. The quantitative estimate of drug-likeness (QED) is 0.699. The van der Waals surface area contributed by atoms with Crippen molar-refractivity contribution in [3.8, 4) is 0 Å². The SMILES string of the molecule is Cc1oc(=O)oc1COC(=O)C[C@@H](CNC(=O)OC(C)(C)C)CC(C)C. The molecule has 1 atom stereocenters. The number of amides is 1. The van der Waals surface area contributed by atoms with E-state index in [1.165, 1.54) is 0 Å². The van der Waals surface area contributed by atoms with Gasteiger partial charge in [-0.3, -0.25) is 4.79 Å². The summed E-state index contributed by atoms with van der Waals surface area (Å²) in [6, 6.07) is 0. The summed E-state index contributed by atoms with van der Waals surface area (Å²) in [4.78, 5) is 34.8. The number of hydrogen-bond acceptors (Lipinski definition) is 7. The molecule has 0 aliphatic heterocycles. The average molecular weight is 371 g/mol. The maximum Gasteiger partial charge on any atom is 0.519 e. The fraction of sp³-hybridized carbons (Fsp3) is 0.722. The molecule has 1 heterocycles. The molecule has 0 aliphatic rings. The lowest BCUT2D eigenvalue weighted by Gasteiger charge is -2.22. The van der Waals surface area contributed by atoms with E-state index in [-0.39, 0.29) is 30.5 Å². The Balaban J connectivity index is 2.52. The Morgan fingerprint density at radius 1 is 1.19 bits per heavy atom. The van der Waals surface area contributed by atoms with E-state index in [0.29, 0.717) is 12.5 Å². The van der Waals surface area contributed by atoms with Gasteiger partial charge in [0.25, 0.3) is 0 Å². The van der Waals surface area contributed by atoms with Gasteiger partial charge in [0.1, 0.15) is 5.60 Å². The highest BCUT2D eigenvalue weighted by molar-refractivity contribution is 5.70. The minimum absolute atomic E-state index is 0.0903. The molecule has 0 aromatic carbocycles. The molecule has 0 spiro atoms. The lowest BCUT2D eigenvalue weighted by molar-refractivity contribution is -0.146. The molecule has 0 saturated carbocycles. The van der Waals surface area contributed by atoms with E-state index in [0.717, 1.165) is 6.42 Å². The van der Waals surface area contributed by atoms with Crippen molar-refractivity contribution in [1.29, 1.82) is 0 Å². The topological polar surface area (TPSA) is 108 Å². The van der Waals surface area contributed by atoms with Gasteiger partial charge in [-0.1, -0.05) is 13.8 Å². The molecule has 1 aromatic heterocycles. The molecule has 1 rings (SSSR count). The van der Waals surface area contributed by atoms with Gasteiger partial charge in [0, 0.05) is 6.54 Å². The fourth-order valence-electron chi connectivity index (χ4n) is 2.39. The summed E-state index contributed by atoms with van der Waals surface area (Å²) < 4.78 is 19.8. The summed E-state index contributed by atoms with van der Waals surface area (Å²) in [7, 11) is 0. The summed E-state index contributed by atoms with van der Waals surface area (Å²) >= 11 is 0. The van der Waals surface area contributed by atoms with Crippen LogP contribution in [0.25, 0.3) is 0 Å². The zero-order valence-electron chi connectivity index (χ0n) is 16.3. The van der Waals surface area contributed by atoms with Gasteiger partial charge >= 0.3 is 17.9 Å². The van der Waals surface area contributed by atoms with Crippen LogP contribution in [0.3, 0.4) is 0 Å². The van der Waals surface area contributed by atoms with Gasteiger partial charge < -0.3 is 23.6 Å². The van der Waals surface area contributed by atoms with Crippen molar-refractivity contribution < 1.29 is 27.9 Å². The maximum atomic E-state index is 12.1. The summed E-state index contributed by atoms with van der Waals surface area (Å²) in [5, 5.41) is 2.69. The highest BCUT2D eigenvalue weighted by atomic mass is 16.6. The van der Waals surface area contributed by atoms with E-state index in [1.807, 2.05) is 13.8 Å². The second-order valence-corrected chi connectivity index (χ2v) is 7.68. The van der Waals surface area contributed by atoms with Crippen molar-refractivity contribution in [3.05, 3.63) is 22.1 Å². The standard InChI is InChI=1S/C18H29NO7/c1-11(2)7-13(9-19-16(21)26-18(4,5)6)8-15(20)23-10-14-12(3)24-17(22)25-14/h11,13H,7-10H2,1-6H3,(H,19,21)/t13-/m0/s1. The first-order valence-electron chi connectivity index (χ1n) is 8.68. The van der Waals surface area contributed by atoms with Crippen LogP contribution in [0.2, 0.25) is 0 Å². The molecule has 0 aliphatic carbocycles. The molecular weight excluding hydrogens is 342 g/mol. The van der Waals surface area contributed by atoms with Crippen LogP contribution in [0.5, 0.6) is 0 Å². The summed E-state index contributed by atoms with van der Waals surface area (Å²) in [5.74, 6) is -0.531. The van der Waals surface area contributed by atoms with E-state index in [4.69, 9.17) is 18.3 Å². The van der Waals surface area contributed by atoms with Crippen molar-refractivity contribution >= 4 is 12.1 Å². The van der Waals surface area contributed by atoms with Gasteiger partial charge in [0.2, 0.25) is 0 Å². The second-order valence-electron chi connectivity index (χ2n) is 7.68. The lowest BCUT2D eigenvalue weighted by atomic mass is 9.94. The number of carbonyl (C=O) groups is 2. The number of nitrogens with one attached hydrogen (secondary N) is 1. The van der Waals surface area contributed by atoms with Crippen molar-refractivity contribution in [2.45, 2.75) is 66.6 Å². The molecule has 1 N–H and O–H groups in total. The number of hydrogen-bond donors (Lipinski definition) is 1. The first-order valence-corrected chi connectivity index (χ1v) is 8.68. The van der Waals surface area contributed by atoms with Gasteiger partial charge in [-0.2, -0.15) is 0 Å². The van der Waals surface area contributed by atoms with Crippen LogP contribution in [0.15, 0.2) is 13.6 Å². The van der Waals surface area contributed by atoms with Crippen LogP contribution in [0.4, 0.5) is 4.79 Å². The Morgan fingerprint density at radius 3 is 2.35 bits per heavy atom. The molecule has 1 aromatic rings. The molecule has 0 unspecified atom stereocenters. The van der Waals surface area contributed by atoms with Crippen LogP contribution in [-0.2, 0) is 20.9 Å². The minimum atomic E-state index is -0.826. The van der Waals surface area contributed by atoms with Gasteiger partial charge in [0.05, 0.1) is 6.42 Å². The van der Waals surface area contributed by atoms with Crippen LogP contribution in [0.1, 0.15) is 59.0 Å². The Kier molecular flexibility index (Phi) is 7.92. The normalized spacial score (nSPS) is 12.7. The second kappa shape index (κ2) is 9.45. The molecule has 0 bridgehead atoms. The third-order valence-corrected chi connectivity index (χ3v) is 3.39. The van der Waals surface area contributed by atoms with E-state index < -0.39 is 23.5 Å². The maximum absolute atomic E-state index is 12.1. The molecule has 0 saturated heterocycles. The number of ether oxygens (including phenoxy) is 2. The van der Waals surface area contributed by atoms with Crippen LogP contribution in [0, 0.1) is 18.8 Å². The van der Waals surface area contributed by atoms with Gasteiger partial charge in [-0.05, 0) is 46.0 Å². The Hall–Kier alpha value is -2.25. The molecule has 8 heteroatoms. The minimum Gasteiger partial charge on any atom is -0.457 e. The monoisotopic (exact) mass is 371 g/mol. The van der Waals surface area contributed by atoms with Crippen LogP contribution < -0.4 is 11.1 Å². The van der Waals surface area contributed by atoms with Gasteiger partial charge in [0.15, 0.2) is 18.1 Å². The fourth-order valence-corrected chi connectivity index (χ4v) is 2.39. The van der Waals surface area contributed by atoms with Crippen LogP contribution in [-0.4, -0.2) is 24.2 Å². The zero-order valence-corrected chi connectivity index (χ0v) is 16.3. The third-order valence-electron chi connectivity index (χ3n) is 3.39. The van der Waals surface area contributed by atoms with Crippen LogP contribution >= 0.6 is 0 Å². The Labute approximate surface area is 153 Å². The molecule has 26 heavy (non-hydrogen) atoms. The molecule has 1 amide bonds. The highest BCUT2D eigenvalue weighted by Gasteiger charge is 2.21. The summed E-state index contributed by atoms with van der Waals surface area (Å²) in [5.41, 5.74) is -0.580. The Morgan fingerprint density at radius 2 is 1.85 bits per heavy atom. The van der Waals surface area contributed by atoms with Crippen molar-refractivity contribution in [2.75, 3.05) is 6.54 Å². The van der Waals surface area contributed by atoms with Crippen molar-refractivity contribution in [2.24, 2.45) is 11.8 Å². The highest BCUT2D eigenvalue weighted by Crippen LogP contribution is 2.17. The van der Waals surface area contributed by atoms with E-state index in [1.54, 1.807) is 27.7 Å². The van der Waals surface area contributed by atoms with E-state index in [9.17, 15) is 14.4 Å². The number of esters is 1. The largest absolute Gasteiger partial charge is 0.519 e. The van der Waals surface area contributed by atoms with Crippen molar-refractivity contribution in [1.82, 2.24) is 5.32 Å². The Bertz CT molecular complexity index is 651. The summed E-state index contributed by atoms with van der Waals surface area (Å²) in [6.07, 6.45) is 0.357. The predicted molar refractivity (Wildman–Crippen MR) is 93.6 cm³/mol. The molecule has 0 radical (unpaired) electrons.